The fourth-order valence-corrected chi connectivity index (χ4v) is 2.06. The zero-order valence-corrected chi connectivity index (χ0v) is 10.8. The van der Waals surface area contributed by atoms with Gasteiger partial charge in [0.2, 0.25) is 0 Å². The Bertz CT molecular complexity index is 496. The van der Waals surface area contributed by atoms with Crippen LogP contribution in [0.3, 0.4) is 0 Å². The number of hydrogen-bond acceptors (Lipinski definition) is 3. The fraction of sp³-hybridized carbons (Fsp3) is 0.462. The second-order valence-corrected chi connectivity index (χ2v) is 4.69. The number of halogens is 3. The molecule has 0 N–H and O–H groups in total. The molecule has 0 amide bonds. The second kappa shape index (κ2) is 4.31. The van der Waals surface area contributed by atoms with Gasteiger partial charge in [-0.1, -0.05) is 30.3 Å². The molecule has 0 saturated heterocycles. The Hall–Kier alpha value is -1.40. The van der Waals surface area contributed by atoms with E-state index in [2.05, 4.69) is 9.73 Å². The topological polar surface area (TPSA) is 30.8 Å². The highest BCUT2D eigenvalue weighted by molar-refractivity contribution is 6.07. The Labute approximate surface area is 109 Å². The van der Waals surface area contributed by atoms with E-state index in [-0.39, 0.29) is 5.71 Å². The minimum atomic E-state index is -4.72. The van der Waals surface area contributed by atoms with Gasteiger partial charge in [-0.25, -0.2) is 4.99 Å². The van der Waals surface area contributed by atoms with E-state index in [1.807, 2.05) is 0 Å². The van der Waals surface area contributed by atoms with Crippen LogP contribution in [0.5, 0.6) is 0 Å². The van der Waals surface area contributed by atoms with E-state index >= 15 is 0 Å². The third kappa shape index (κ3) is 2.26. The highest BCUT2D eigenvalue weighted by atomic mass is 19.4. The van der Waals surface area contributed by atoms with Crippen LogP contribution in [0.2, 0.25) is 0 Å². The summed E-state index contributed by atoms with van der Waals surface area (Å²) in [7, 11) is 0.966. The lowest BCUT2D eigenvalue weighted by Crippen LogP contribution is -2.54. The smallest absolute Gasteiger partial charge is 0.341 e. The molecule has 0 aromatic heterocycles. The molecule has 0 saturated carbocycles. The van der Waals surface area contributed by atoms with Crippen LogP contribution in [0.15, 0.2) is 35.3 Å². The molecule has 1 aliphatic rings. The van der Waals surface area contributed by atoms with Gasteiger partial charge in [0.25, 0.3) is 0 Å². The van der Waals surface area contributed by atoms with Crippen molar-refractivity contribution in [3.8, 4) is 0 Å². The number of hydrogen-bond donors (Lipinski definition) is 0. The Kier molecular flexibility index (Phi) is 3.18. The number of alkyl halides is 3. The van der Waals surface area contributed by atoms with Crippen LogP contribution in [0.4, 0.5) is 13.2 Å². The van der Waals surface area contributed by atoms with E-state index in [4.69, 9.17) is 4.74 Å². The quantitative estimate of drug-likeness (QED) is 0.828. The summed E-state index contributed by atoms with van der Waals surface area (Å²) in [6.07, 6.45) is -4.72. The molecule has 19 heavy (non-hydrogen) atoms. The monoisotopic (exact) mass is 273 g/mol. The van der Waals surface area contributed by atoms with Crippen LogP contribution in [-0.2, 0) is 9.47 Å². The molecule has 6 heteroatoms. The van der Waals surface area contributed by atoms with Gasteiger partial charge in [0.15, 0.2) is 5.72 Å². The first-order valence-electron chi connectivity index (χ1n) is 5.70. The maximum absolute atomic E-state index is 13.4. The molecule has 0 spiro atoms. The van der Waals surface area contributed by atoms with E-state index in [9.17, 15) is 13.2 Å². The van der Waals surface area contributed by atoms with Crippen molar-refractivity contribution in [2.75, 3.05) is 7.11 Å². The zero-order valence-electron chi connectivity index (χ0n) is 10.8. The van der Waals surface area contributed by atoms with Crippen LogP contribution in [0, 0.1) is 0 Å². The van der Waals surface area contributed by atoms with Crippen LogP contribution < -0.4 is 0 Å². The summed E-state index contributed by atoms with van der Waals surface area (Å²) in [6.45, 7) is 2.92. The summed E-state index contributed by atoms with van der Waals surface area (Å²) in [5, 5.41) is 0. The van der Waals surface area contributed by atoms with E-state index in [1.165, 1.54) is 13.8 Å². The number of ether oxygens (including phenoxy) is 2. The van der Waals surface area contributed by atoms with Gasteiger partial charge in [0.1, 0.15) is 5.71 Å². The molecular weight excluding hydrogens is 259 g/mol. The number of rotatable bonds is 2. The third-order valence-corrected chi connectivity index (χ3v) is 2.79. The Morgan fingerprint density at radius 1 is 1.16 bits per heavy atom. The minimum Gasteiger partial charge on any atom is -0.341 e. The molecule has 0 fully saturated rings. The van der Waals surface area contributed by atoms with Crippen molar-refractivity contribution in [1.82, 2.24) is 0 Å². The van der Waals surface area contributed by atoms with Gasteiger partial charge >= 0.3 is 12.0 Å². The molecule has 3 nitrogen and oxygen atoms in total. The minimum absolute atomic E-state index is 0.256. The predicted molar refractivity (Wildman–Crippen MR) is 63.9 cm³/mol. The molecule has 0 bridgehead atoms. The molecule has 0 aliphatic carbocycles. The van der Waals surface area contributed by atoms with E-state index in [0.717, 1.165) is 7.11 Å². The second-order valence-electron chi connectivity index (χ2n) is 4.69. The number of nitrogens with zero attached hydrogens (tertiary/aromatic N) is 1. The molecule has 1 aromatic rings. The molecule has 0 radical (unpaired) electrons. The Morgan fingerprint density at radius 2 is 1.74 bits per heavy atom. The molecule has 1 atom stereocenters. The molecule has 1 heterocycles. The van der Waals surface area contributed by atoms with Gasteiger partial charge in [0.05, 0.1) is 0 Å². The first-order chi connectivity index (χ1) is 8.72. The van der Waals surface area contributed by atoms with Crippen molar-refractivity contribution in [2.24, 2.45) is 4.99 Å². The van der Waals surface area contributed by atoms with Gasteiger partial charge in [-0.05, 0) is 13.8 Å². The Balaban J connectivity index is 2.60. The molecule has 1 aliphatic heterocycles. The highest BCUT2D eigenvalue weighted by Gasteiger charge is 2.66. The first kappa shape index (κ1) is 14.0. The summed E-state index contributed by atoms with van der Waals surface area (Å²) in [5.41, 5.74) is -1.23. The molecule has 104 valence electrons. The third-order valence-electron chi connectivity index (χ3n) is 2.79. The lowest BCUT2D eigenvalue weighted by atomic mass is 10.0. The van der Waals surface area contributed by atoms with Crippen molar-refractivity contribution < 1.29 is 22.6 Å². The summed E-state index contributed by atoms with van der Waals surface area (Å²) >= 11 is 0. The van der Waals surface area contributed by atoms with Crippen molar-refractivity contribution in [3.63, 3.8) is 0 Å². The summed E-state index contributed by atoms with van der Waals surface area (Å²) in [4.78, 5) is 4.03. The van der Waals surface area contributed by atoms with Gasteiger partial charge < -0.3 is 9.47 Å². The van der Waals surface area contributed by atoms with Gasteiger partial charge in [0, 0.05) is 12.7 Å². The van der Waals surface area contributed by atoms with E-state index < -0.39 is 17.7 Å². The van der Waals surface area contributed by atoms with Gasteiger partial charge in [-0.2, -0.15) is 13.2 Å². The van der Waals surface area contributed by atoms with Gasteiger partial charge in [-0.15, -0.1) is 0 Å². The summed E-state index contributed by atoms with van der Waals surface area (Å²) < 4.78 is 49.8. The average Bonchev–Trinajstić information content (AvgIpc) is 2.62. The van der Waals surface area contributed by atoms with Crippen LogP contribution in [0.1, 0.15) is 19.4 Å². The van der Waals surface area contributed by atoms with Crippen LogP contribution in [0.25, 0.3) is 0 Å². The maximum atomic E-state index is 13.4. The molecule has 2 rings (SSSR count). The van der Waals surface area contributed by atoms with Crippen molar-refractivity contribution >= 4 is 5.71 Å². The average molecular weight is 273 g/mol. The number of benzene rings is 1. The predicted octanol–water partition coefficient (Wildman–Crippen LogP) is 3.15. The van der Waals surface area contributed by atoms with Crippen molar-refractivity contribution in [2.45, 2.75) is 31.5 Å². The SMILES string of the molecule is COC1(C(F)(F)F)OC(C)(C)N=C1c1ccccc1. The van der Waals surface area contributed by atoms with Crippen LogP contribution in [-0.4, -0.2) is 30.5 Å². The standard InChI is InChI=1S/C13H14F3NO2/c1-11(2)17-10(9-7-5-4-6-8-9)12(18-3,19-11)13(14,15)16/h4-8H,1-3H3. The van der Waals surface area contributed by atoms with Crippen LogP contribution >= 0.6 is 0 Å². The van der Waals surface area contributed by atoms with Crippen molar-refractivity contribution in [3.05, 3.63) is 35.9 Å². The molecule has 1 aromatic carbocycles. The van der Waals surface area contributed by atoms with E-state index in [0.29, 0.717) is 5.56 Å². The summed E-state index contributed by atoms with van der Waals surface area (Å²) in [6, 6.07) is 8.08. The lowest BCUT2D eigenvalue weighted by molar-refractivity contribution is -0.351. The fourth-order valence-electron chi connectivity index (χ4n) is 2.06. The maximum Gasteiger partial charge on any atom is 0.450 e. The van der Waals surface area contributed by atoms with Crippen molar-refractivity contribution in [1.29, 1.82) is 0 Å². The molecule has 1 unspecified atom stereocenters. The largest absolute Gasteiger partial charge is 0.450 e. The first-order valence-corrected chi connectivity index (χ1v) is 5.70. The number of aliphatic imine (C=N–C) groups is 1. The summed E-state index contributed by atoms with van der Waals surface area (Å²) in [5.74, 6) is -2.82. The normalized spacial score (nSPS) is 26.3. The Morgan fingerprint density at radius 3 is 2.21 bits per heavy atom. The zero-order chi connectivity index (χ0) is 14.3. The highest BCUT2D eigenvalue weighted by Crippen LogP contribution is 2.45. The van der Waals surface area contributed by atoms with Gasteiger partial charge in [-0.3, -0.25) is 0 Å². The van der Waals surface area contributed by atoms with E-state index in [1.54, 1.807) is 30.3 Å². The molecular formula is C13H14F3NO2. The lowest BCUT2D eigenvalue weighted by Gasteiger charge is -2.32. The number of methoxy groups -OCH3 is 1.